The molecule has 0 N–H and O–H groups in total. The van der Waals surface area contributed by atoms with Crippen molar-refractivity contribution in [1.29, 1.82) is 0 Å². The molecule has 0 aromatic carbocycles. The molecule has 1 radical (unpaired) electrons. The van der Waals surface area contributed by atoms with E-state index in [0.717, 1.165) is 0 Å². The summed E-state index contributed by atoms with van der Waals surface area (Å²) in [7, 11) is 0. The fourth-order valence-electron chi connectivity index (χ4n) is 0. The summed E-state index contributed by atoms with van der Waals surface area (Å²) in [6.07, 6.45) is 0. The summed E-state index contributed by atoms with van der Waals surface area (Å²) in [6, 6.07) is 0. The van der Waals surface area contributed by atoms with Crippen LogP contribution < -0.4 is 0 Å². The van der Waals surface area contributed by atoms with Crippen molar-refractivity contribution in [1.82, 2.24) is 0 Å². The molecule has 0 aromatic rings. The van der Waals surface area contributed by atoms with Crippen LogP contribution in [0.2, 0.25) is 0 Å². The van der Waals surface area contributed by atoms with Crippen molar-refractivity contribution in [2.45, 2.75) is 41.5 Å². The van der Waals surface area contributed by atoms with E-state index in [1.54, 1.807) is 0 Å². The zero-order chi connectivity index (χ0) is 10.7. The van der Waals surface area contributed by atoms with Gasteiger partial charge in [0.1, 0.15) is 0 Å². The molecule has 0 aromatic heterocycles. The van der Waals surface area contributed by atoms with Crippen LogP contribution in [0.25, 0.3) is 0 Å². The van der Waals surface area contributed by atoms with Crippen LogP contribution in [0.5, 0.6) is 0 Å². The second-order valence-electron chi connectivity index (χ2n) is 4.18. The Hall–Kier alpha value is 1.00. The Morgan fingerprint density at radius 1 is 0.571 bits per heavy atom. The third kappa shape index (κ3) is 1860. The van der Waals surface area contributed by atoms with Crippen molar-refractivity contribution in [3.63, 3.8) is 0 Å². The summed E-state index contributed by atoms with van der Waals surface area (Å²) >= 11 is 0. The van der Waals surface area contributed by atoms with Crippen molar-refractivity contribution in [2.24, 2.45) is 17.8 Å². The Morgan fingerprint density at radius 3 is 0.571 bits per heavy atom. The SMILES string of the molecule is Cl.[CH2-]C(C)C.[CH2-]C(C)C.[CH2-]C(C)C.[Ti+3]. The van der Waals surface area contributed by atoms with Crippen LogP contribution in [0.15, 0.2) is 0 Å². The van der Waals surface area contributed by atoms with Gasteiger partial charge in [-0.2, -0.15) is 17.8 Å². The van der Waals surface area contributed by atoms with Gasteiger partial charge in [0.2, 0.25) is 0 Å². The van der Waals surface area contributed by atoms with Gasteiger partial charge in [0.15, 0.2) is 0 Å². The first kappa shape index (κ1) is 29.4. The van der Waals surface area contributed by atoms with E-state index in [1.165, 1.54) is 0 Å². The number of hydrogen-bond donors (Lipinski definition) is 0. The standard InChI is InChI=1S/3C4H9.ClH.Ti/c3*1-4(2)3;;/h3*4H,1H2,2-3H3;1H;/q3*-1;;+3. The smallest absolute Gasteiger partial charge is 0.341 e. The van der Waals surface area contributed by atoms with Crippen molar-refractivity contribution >= 4 is 12.4 Å². The average molecular weight is 256 g/mol. The van der Waals surface area contributed by atoms with Crippen molar-refractivity contribution in [3.05, 3.63) is 20.8 Å². The first-order valence-corrected chi connectivity index (χ1v) is 4.69. The molecule has 0 saturated carbocycles. The maximum atomic E-state index is 3.64. The summed E-state index contributed by atoms with van der Waals surface area (Å²) in [4.78, 5) is 0. The van der Waals surface area contributed by atoms with Crippen LogP contribution in [0.3, 0.4) is 0 Å². The van der Waals surface area contributed by atoms with Crippen LogP contribution >= 0.6 is 12.4 Å². The Kier molecular flexibility index (Phi) is 49.7. The molecular weight excluding hydrogens is 227 g/mol. The number of hydrogen-bond acceptors (Lipinski definition) is 0. The van der Waals surface area contributed by atoms with E-state index in [1.807, 2.05) is 0 Å². The van der Waals surface area contributed by atoms with Crippen LogP contribution in [0, 0.1) is 38.5 Å². The average Bonchev–Trinajstić information content (AvgIpc) is 1.54. The van der Waals surface area contributed by atoms with E-state index in [-0.39, 0.29) is 34.1 Å². The molecule has 2 heteroatoms. The van der Waals surface area contributed by atoms with Gasteiger partial charge in [-0.05, 0) is 0 Å². The molecule has 0 heterocycles. The minimum atomic E-state index is 0. The Morgan fingerprint density at radius 2 is 0.571 bits per heavy atom. The second kappa shape index (κ2) is 23.7. The minimum Gasteiger partial charge on any atom is -0.341 e. The maximum Gasteiger partial charge on any atom is 3.00 e. The topological polar surface area (TPSA) is 0 Å². The predicted molar refractivity (Wildman–Crippen MR) is 67.8 cm³/mol. The monoisotopic (exact) mass is 255 g/mol. The first-order valence-electron chi connectivity index (χ1n) is 4.69. The van der Waals surface area contributed by atoms with Crippen LogP contribution in [0.4, 0.5) is 0 Å². The summed E-state index contributed by atoms with van der Waals surface area (Å²) in [5.74, 6) is 1.75. The van der Waals surface area contributed by atoms with Gasteiger partial charge in [0.05, 0.1) is 0 Å². The fraction of sp³-hybridized carbons (Fsp3) is 0.750. The van der Waals surface area contributed by atoms with Crippen LogP contribution in [-0.4, -0.2) is 0 Å². The summed E-state index contributed by atoms with van der Waals surface area (Å²) in [5.41, 5.74) is 0. The molecule has 0 atom stereocenters. The quantitative estimate of drug-likeness (QED) is 0.429. The van der Waals surface area contributed by atoms with Gasteiger partial charge >= 0.3 is 21.7 Å². The van der Waals surface area contributed by atoms with Gasteiger partial charge in [0.25, 0.3) is 0 Å². The van der Waals surface area contributed by atoms with Crippen molar-refractivity contribution in [3.8, 4) is 0 Å². The molecular formula is C12H28ClTi. The van der Waals surface area contributed by atoms with Crippen molar-refractivity contribution < 1.29 is 21.7 Å². The molecule has 0 amide bonds. The van der Waals surface area contributed by atoms with Gasteiger partial charge in [-0.15, -0.1) is 12.4 Å². The zero-order valence-corrected chi connectivity index (χ0v) is 13.1. The molecule has 0 unspecified atom stereocenters. The van der Waals surface area contributed by atoms with Gasteiger partial charge in [-0.25, -0.2) is 0 Å². The molecule has 14 heavy (non-hydrogen) atoms. The van der Waals surface area contributed by atoms with Crippen molar-refractivity contribution in [2.75, 3.05) is 0 Å². The van der Waals surface area contributed by atoms with Gasteiger partial charge in [-0.1, -0.05) is 41.5 Å². The fourth-order valence-corrected chi connectivity index (χ4v) is 0. The van der Waals surface area contributed by atoms with Gasteiger partial charge in [0, 0.05) is 0 Å². The maximum absolute atomic E-state index is 3.64. The summed E-state index contributed by atoms with van der Waals surface area (Å²) in [6.45, 7) is 23.2. The molecule has 0 aliphatic rings. The Bertz CT molecular complexity index is 38.8. The summed E-state index contributed by atoms with van der Waals surface area (Å²) < 4.78 is 0. The molecule has 87 valence electrons. The number of halogens is 1. The van der Waals surface area contributed by atoms with E-state index >= 15 is 0 Å². The second-order valence-corrected chi connectivity index (χ2v) is 4.18. The zero-order valence-electron chi connectivity index (χ0n) is 10.8. The predicted octanol–water partition coefficient (Wildman–Crippen LogP) is 4.85. The third-order valence-corrected chi connectivity index (χ3v) is 0. The Balaban J connectivity index is -0.0000000270. The first-order chi connectivity index (χ1) is 5.20. The molecule has 0 aliphatic heterocycles. The molecule has 0 spiro atoms. The Labute approximate surface area is 114 Å². The normalized spacial score (nSPS) is 7.71. The minimum absolute atomic E-state index is 0. The van der Waals surface area contributed by atoms with E-state index in [2.05, 4.69) is 62.3 Å². The van der Waals surface area contributed by atoms with E-state index in [4.69, 9.17) is 0 Å². The molecule has 0 fully saturated rings. The third-order valence-electron chi connectivity index (χ3n) is 0. The van der Waals surface area contributed by atoms with E-state index in [9.17, 15) is 0 Å². The summed E-state index contributed by atoms with van der Waals surface area (Å²) in [5, 5.41) is 0. The molecule has 0 bridgehead atoms. The van der Waals surface area contributed by atoms with Gasteiger partial charge in [-0.3, -0.25) is 0 Å². The van der Waals surface area contributed by atoms with E-state index in [0.29, 0.717) is 17.8 Å². The molecule has 0 saturated heterocycles. The molecule has 0 nitrogen and oxygen atoms in total. The molecule has 0 aliphatic carbocycles. The van der Waals surface area contributed by atoms with Gasteiger partial charge < -0.3 is 20.8 Å². The van der Waals surface area contributed by atoms with E-state index < -0.39 is 0 Å². The van der Waals surface area contributed by atoms with Crippen LogP contribution in [-0.2, 0) is 21.7 Å². The van der Waals surface area contributed by atoms with Crippen LogP contribution in [0.1, 0.15) is 41.5 Å². The largest absolute Gasteiger partial charge is 3.00 e. The molecule has 0 rings (SSSR count). The number of rotatable bonds is 0.